The van der Waals surface area contributed by atoms with E-state index in [1.807, 2.05) is 43.3 Å². The lowest BCUT2D eigenvalue weighted by Gasteiger charge is -2.11. The second kappa shape index (κ2) is 10.1. The molecule has 1 heterocycles. The Morgan fingerprint density at radius 1 is 1.23 bits per heavy atom. The molecule has 8 nitrogen and oxygen atoms in total. The van der Waals surface area contributed by atoms with E-state index in [4.69, 9.17) is 15.2 Å². The van der Waals surface area contributed by atoms with Crippen LogP contribution in [0.4, 0.5) is 5.95 Å². The second-order valence-electron chi connectivity index (χ2n) is 6.61. The molecule has 3 N–H and O–H groups in total. The lowest BCUT2D eigenvalue weighted by Crippen LogP contribution is -2.30. The second-order valence-corrected chi connectivity index (χ2v) is 6.61. The van der Waals surface area contributed by atoms with Gasteiger partial charge in [-0.1, -0.05) is 30.3 Å². The number of imidazole rings is 1. The fraction of sp³-hybridized carbons (Fsp3) is 0.227. The lowest BCUT2D eigenvalue weighted by atomic mass is 10.1. The Balaban J connectivity index is 1.53. The van der Waals surface area contributed by atoms with E-state index in [9.17, 15) is 4.79 Å². The summed E-state index contributed by atoms with van der Waals surface area (Å²) in [4.78, 5) is 16.1. The molecular weight excluding hydrogens is 382 g/mol. The van der Waals surface area contributed by atoms with E-state index >= 15 is 0 Å². The number of carbonyl (C=O) groups excluding carboxylic acids is 1. The molecule has 0 radical (unpaired) electrons. The minimum absolute atomic E-state index is 0.0938. The quantitative estimate of drug-likeness (QED) is 0.530. The summed E-state index contributed by atoms with van der Waals surface area (Å²) < 4.78 is 12.5. The SMILES string of the molecule is COc1cc(C=Nn2cc(C)nc2N)ccc1OCC(=O)NCCc1ccccc1. The molecule has 0 aliphatic rings. The van der Waals surface area contributed by atoms with E-state index in [2.05, 4.69) is 15.4 Å². The molecule has 156 valence electrons. The van der Waals surface area contributed by atoms with Crippen LogP contribution in [0.1, 0.15) is 16.8 Å². The summed E-state index contributed by atoms with van der Waals surface area (Å²) in [6.07, 6.45) is 4.14. The van der Waals surface area contributed by atoms with Crippen molar-refractivity contribution in [2.45, 2.75) is 13.3 Å². The van der Waals surface area contributed by atoms with E-state index in [0.717, 1.165) is 17.7 Å². The van der Waals surface area contributed by atoms with Crippen LogP contribution in [0, 0.1) is 6.92 Å². The van der Waals surface area contributed by atoms with E-state index < -0.39 is 0 Å². The Morgan fingerprint density at radius 2 is 2.03 bits per heavy atom. The Bertz CT molecular complexity index is 1010. The van der Waals surface area contributed by atoms with Crippen molar-refractivity contribution in [2.24, 2.45) is 5.10 Å². The smallest absolute Gasteiger partial charge is 0.257 e. The number of nitrogens with one attached hydrogen (secondary N) is 1. The van der Waals surface area contributed by atoms with Crippen molar-refractivity contribution < 1.29 is 14.3 Å². The maximum Gasteiger partial charge on any atom is 0.257 e. The zero-order chi connectivity index (χ0) is 21.3. The molecule has 0 aliphatic carbocycles. The molecule has 1 aromatic heterocycles. The molecule has 0 aliphatic heterocycles. The van der Waals surface area contributed by atoms with E-state index in [1.165, 1.54) is 10.2 Å². The number of nitrogens with zero attached hydrogens (tertiary/aromatic N) is 3. The van der Waals surface area contributed by atoms with Gasteiger partial charge >= 0.3 is 0 Å². The van der Waals surface area contributed by atoms with Gasteiger partial charge in [-0.05, 0) is 42.7 Å². The predicted octanol–water partition coefficient (Wildman–Crippen LogP) is 2.40. The summed E-state index contributed by atoms with van der Waals surface area (Å²) in [6, 6.07) is 15.3. The van der Waals surface area contributed by atoms with Crippen LogP contribution in [0.15, 0.2) is 59.8 Å². The lowest BCUT2D eigenvalue weighted by molar-refractivity contribution is -0.123. The molecule has 0 saturated heterocycles. The normalized spacial score (nSPS) is 10.9. The minimum Gasteiger partial charge on any atom is -0.493 e. The topological polar surface area (TPSA) is 104 Å². The first-order valence-corrected chi connectivity index (χ1v) is 9.52. The first-order chi connectivity index (χ1) is 14.5. The van der Waals surface area contributed by atoms with Crippen LogP contribution in [0.25, 0.3) is 0 Å². The summed E-state index contributed by atoms with van der Waals surface area (Å²) >= 11 is 0. The van der Waals surface area contributed by atoms with Gasteiger partial charge in [0.2, 0.25) is 5.95 Å². The summed E-state index contributed by atoms with van der Waals surface area (Å²) in [7, 11) is 1.54. The van der Waals surface area contributed by atoms with E-state index in [-0.39, 0.29) is 12.5 Å². The van der Waals surface area contributed by atoms with Crippen LogP contribution < -0.4 is 20.5 Å². The third kappa shape index (κ3) is 5.84. The van der Waals surface area contributed by atoms with Crippen LogP contribution >= 0.6 is 0 Å². The van der Waals surface area contributed by atoms with E-state index in [1.54, 1.807) is 31.7 Å². The number of carbonyl (C=O) groups is 1. The van der Waals surface area contributed by atoms with Gasteiger partial charge < -0.3 is 20.5 Å². The van der Waals surface area contributed by atoms with Crippen LogP contribution in [0.2, 0.25) is 0 Å². The average molecular weight is 407 g/mol. The summed E-state index contributed by atoms with van der Waals surface area (Å²) in [6.45, 7) is 2.30. The molecule has 3 rings (SSSR count). The van der Waals surface area contributed by atoms with E-state index in [0.29, 0.717) is 24.0 Å². The van der Waals surface area contributed by atoms with Crippen molar-refractivity contribution in [1.29, 1.82) is 0 Å². The number of nitrogen functional groups attached to an aromatic ring is 1. The van der Waals surface area contributed by atoms with Gasteiger partial charge in [0.15, 0.2) is 18.1 Å². The number of hydrogen-bond acceptors (Lipinski definition) is 6. The minimum atomic E-state index is -0.190. The predicted molar refractivity (Wildman–Crippen MR) is 116 cm³/mol. The van der Waals surface area contributed by atoms with Crippen molar-refractivity contribution in [3.05, 3.63) is 71.5 Å². The summed E-state index contributed by atoms with van der Waals surface area (Å²) in [5.74, 6) is 1.11. The highest BCUT2D eigenvalue weighted by Crippen LogP contribution is 2.27. The highest BCUT2D eigenvalue weighted by atomic mass is 16.5. The highest BCUT2D eigenvalue weighted by Gasteiger charge is 2.08. The van der Waals surface area contributed by atoms with Crippen molar-refractivity contribution in [2.75, 3.05) is 26.0 Å². The Hall–Kier alpha value is -3.81. The molecule has 3 aromatic rings. The zero-order valence-electron chi connectivity index (χ0n) is 17.0. The van der Waals surface area contributed by atoms with Crippen LogP contribution in [-0.4, -0.2) is 42.0 Å². The third-order valence-electron chi connectivity index (χ3n) is 4.29. The van der Waals surface area contributed by atoms with Crippen molar-refractivity contribution in [3.8, 4) is 11.5 Å². The van der Waals surface area contributed by atoms with Crippen LogP contribution in [0.3, 0.4) is 0 Å². The fourth-order valence-electron chi connectivity index (χ4n) is 2.79. The molecule has 2 aromatic carbocycles. The summed E-state index contributed by atoms with van der Waals surface area (Å²) in [5, 5.41) is 7.13. The monoisotopic (exact) mass is 407 g/mol. The molecule has 0 unspecified atom stereocenters. The molecule has 1 amide bonds. The van der Waals surface area contributed by atoms with Gasteiger partial charge in [0, 0.05) is 6.54 Å². The number of nitrogens with two attached hydrogens (primary N) is 1. The number of rotatable bonds is 9. The molecule has 0 atom stereocenters. The first-order valence-electron chi connectivity index (χ1n) is 9.52. The average Bonchev–Trinajstić information content (AvgIpc) is 3.08. The van der Waals surface area contributed by atoms with Gasteiger partial charge in [-0.25, -0.2) is 9.66 Å². The number of benzene rings is 2. The zero-order valence-corrected chi connectivity index (χ0v) is 17.0. The number of anilines is 1. The number of aromatic nitrogens is 2. The Labute approximate surface area is 175 Å². The van der Waals surface area contributed by atoms with Gasteiger partial charge in [-0.15, -0.1) is 0 Å². The molecule has 8 heteroatoms. The summed E-state index contributed by atoms with van der Waals surface area (Å²) in [5.41, 5.74) is 8.52. The Kier molecular flexibility index (Phi) is 7.05. The number of aryl methyl sites for hydroxylation is 1. The van der Waals surface area contributed by atoms with Crippen molar-refractivity contribution >= 4 is 18.1 Å². The molecule has 0 fully saturated rings. The first kappa shape index (κ1) is 20.9. The highest BCUT2D eigenvalue weighted by molar-refractivity contribution is 5.81. The molecule has 0 spiro atoms. The third-order valence-corrected chi connectivity index (χ3v) is 4.29. The van der Waals surface area contributed by atoms with Gasteiger partial charge in [0.05, 0.1) is 25.2 Å². The maximum atomic E-state index is 12.0. The number of ether oxygens (including phenoxy) is 2. The Morgan fingerprint density at radius 3 is 2.73 bits per heavy atom. The van der Waals surface area contributed by atoms with Gasteiger partial charge in [0.25, 0.3) is 5.91 Å². The molecular formula is C22H25N5O3. The van der Waals surface area contributed by atoms with Gasteiger partial charge in [-0.2, -0.15) is 5.10 Å². The van der Waals surface area contributed by atoms with Gasteiger partial charge in [0.1, 0.15) is 0 Å². The largest absolute Gasteiger partial charge is 0.493 e. The maximum absolute atomic E-state index is 12.0. The van der Waals surface area contributed by atoms with Crippen LogP contribution in [0.5, 0.6) is 11.5 Å². The van der Waals surface area contributed by atoms with Crippen molar-refractivity contribution in [1.82, 2.24) is 15.0 Å². The number of amides is 1. The van der Waals surface area contributed by atoms with Gasteiger partial charge in [-0.3, -0.25) is 4.79 Å². The molecule has 30 heavy (non-hydrogen) atoms. The number of methoxy groups -OCH3 is 1. The standard InChI is InChI=1S/C22H25N5O3/c1-16-14-27(22(23)26-16)25-13-18-8-9-19(20(12-18)29-2)30-15-21(28)24-11-10-17-6-4-3-5-7-17/h3-9,12-14H,10-11,15H2,1-2H3,(H2,23,26)(H,24,28). The number of hydrogen-bond donors (Lipinski definition) is 2. The fourth-order valence-corrected chi connectivity index (χ4v) is 2.79. The molecule has 0 saturated carbocycles. The van der Waals surface area contributed by atoms with Crippen LogP contribution in [-0.2, 0) is 11.2 Å². The molecule has 0 bridgehead atoms. The van der Waals surface area contributed by atoms with Crippen molar-refractivity contribution in [3.63, 3.8) is 0 Å².